The van der Waals surface area contributed by atoms with Gasteiger partial charge in [0.1, 0.15) is 0 Å². The lowest BCUT2D eigenvalue weighted by Crippen LogP contribution is -1.97. The molecule has 0 aliphatic rings. The second-order valence-electron chi connectivity index (χ2n) is 15.0. The van der Waals surface area contributed by atoms with Gasteiger partial charge in [-0.25, -0.2) is 0 Å². The van der Waals surface area contributed by atoms with Crippen molar-refractivity contribution >= 4 is 65.4 Å². The van der Waals surface area contributed by atoms with Crippen molar-refractivity contribution in [3.05, 3.63) is 212 Å². The van der Waals surface area contributed by atoms with Gasteiger partial charge in [-0.2, -0.15) is 0 Å². The van der Waals surface area contributed by atoms with Gasteiger partial charge in [0.25, 0.3) is 0 Å². The molecule has 0 atom stereocenters. The molecule has 3 heterocycles. The summed E-state index contributed by atoms with van der Waals surface area (Å²) in [5.74, 6) is 0. The molecule has 9 aromatic carbocycles. The van der Waals surface area contributed by atoms with E-state index in [0.29, 0.717) is 0 Å². The van der Waals surface area contributed by atoms with Crippen molar-refractivity contribution in [3.63, 3.8) is 0 Å². The van der Waals surface area contributed by atoms with E-state index in [4.69, 9.17) is 0 Å². The summed E-state index contributed by atoms with van der Waals surface area (Å²) in [6.07, 6.45) is 0. The number of benzene rings is 9. The third kappa shape index (κ3) is 4.86. The molecule has 0 aliphatic heterocycles. The first-order valence-electron chi connectivity index (χ1n) is 19.6. The van der Waals surface area contributed by atoms with Gasteiger partial charge in [0, 0.05) is 49.4 Å². The maximum Gasteiger partial charge on any atom is 0.0561 e. The summed E-state index contributed by atoms with van der Waals surface area (Å²) >= 11 is 0. The van der Waals surface area contributed by atoms with Crippen molar-refractivity contribution < 1.29 is 0 Å². The highest BCUT2D eigenvalue weighted by Crippen LogP contribution is 2.39. The zero-order valence-electron chi connectivity index (χ0n) is 31.0. The van der Waals surface area contributed by atoms with Crippen molar-refractivity contribution in [2.24, 2.45) is 0 Å². The monoisotopic (exact) mass is 725 g/mol. The van der Waals surface area contributed by atoms with Crippen molar-refractivity contribution in [1.82, 2.24) is 13.7 Å². The molecule has 0 radical (unpaired) electrons. The fourth-order valence-corrected chi connectivity index (χ4v) is 9.29. The number of aromatic nitrogens is 3. The van der Waals surface area contributed by atoms with Gasteiger partial charge in [0.15, 0.2) is 0 Å². The molecule has 3 nitrogen and oxygen atoms in total. The Hall–Kier alpha value is -7.62. The summed E-state index contributed by atoms with van der Waals surface area (Å²) in [7, 11) is 0. The number of para-hydroxylation sites is 4. The second-order valence-corrected chi connectivity index (χ2v) is 15.0. The SMILES string of the molecule is c1ccc(-c2cccc(-c3cccc(-n4c5ccccc5c5cc(-n6c7ccccc7c7ccc(-n8c9ccccc9c9ccccc98)cc76)ccc54)c3)c2)cc1. The first kappa shape index (κ1) is 31.7. The van der Waals surface area contributed by atoms with E-state index in [0.717, 1.165) is 17.1 Å². The molecule has 0 saturated heterocycles. The van der Waals surface area contributed by atoms with Crippen molar-refractivity contribution in [1.29, 1.82) is 0 Å². The van der Waals surface area contributed by atoms with Crippen LogP contribution in [0.5, 0.6) is 0 Å². The van der Waals surface area contributed by atoms with Crippen molar-refractivity contribution in [2.75, 3.05) is 0 Å². The second kappa shape index (κ2) is 12.5. The quantitative estimate of drug-likeness (QED) is 0.168. The minimum atomic E-state index is 1.14. The first-order valence-corrected chi connectivity index (χ1v) is 19.6. The highest BCUT2D eigenvalue weighted by molar-refractivity contribution is 6.13. The topological polar surface area (TPSA) is 14.8 Å². The predicted octanol–water partition coefficient (Wildman–Crippen LogP) is 14.3. The Labute approximate surface area is 329 Å². The van der Waals surface area contributed by atoms with Crippen LogP contribution in [0.4, 0.5) is 0 Å². The fraction of sp³-hybridized carbons (Fsp3) is 0. The zero-order valence-corrected chi connectivity index (χ0v) is 31.0. The number of hydrogen-bond acceptors (Lipinski definition) is 0. The highest BCUT2D eigenvalue weighted by atomic mass is 15.0. The Morgan fingerprint density at radius 2 is 0.579 bits per heavy atom. The number of fused-ring (bicyclic) bond motifs is 9. The maximum absolute atomic E-state index is 2.45. The molecule has 57 heavy (non-hydrogen) atoms. The zero-order chi connectivity index (χ0) is 37.5. The summed E-state index contributed by atoms with van der Waals surface area (Å²) in [6.45, 7) is 0. The summed E-state index contributed by atoms with van der Waals surface area (Å²) in [4.78, 5) is 0. The van der Waals surface area contributed by atoms with Crippen LogP contribution in [0, 0.1) is 0 Å². The third-order valence-electron chi connectivity index (χ3n) is 11.8. The summed E-state index contributed by atoms with van der Waals surface area (Å²) in [5.41, 5.74) is 15.4. The lowest BCUT2D eigenvalue weighted by molar-refractivity contribution is 1.15. The van der Waals surface area contributed by atoms with Gasteiger partial charge in [-0.15, -0.1) is 0 Å². The van der Waals surface area contributed by atoms with Crippen molar-refractivity contribution in [3.8, 4) is 39.3 Å². The average molecular weight is 726 g/mol. The van der Waals surface area contributed by atoms with E-state index in [1.807, 2.05) is 0 Å². The van der Waals surface area contributed by atoms with Crippen LogP contribution in [0.2, 0.25) is 0 Å². The maximum atomic E-state index is 2.45. The molecule has 12 aromatic rings. The van der Waals surface area contributed by atoms with E-state index in [9.17, 15) is 0 Å². The van der Waals surface area contributed by atoms with E-state index in [1.165, 1.54) is 87.7 Å². The lowest BCUT2D eigenvalue weighted by Gasteiger charge is -2.13. The largest absolute Gasteiger partial charge is 0.309 e. The molecular formula is C54H35N3. The third-order valence-corrected chi connectivity index (χ3v) is 11.8. The summed E-state index contributed by atoms with van der Waals surface area (Å²) in [5, 5.41) is 7.48. The van der Waals surface area contributed by atoms with Crippen LogP contribution in [-0.4, -0.2) is 13.7 Å². The van der Waals surface area contributed by atoms with E-state index in [2.05, 4.69) is 226 Å². The molecule has 0 N–H and O–H groups in total. The molecule has 266 valence electrons. The van der Waals surface area contributed by atoms with Crippen molar-refractivity contribution in [2.45, 2.75) is 0 Å². The van der Waals surface area contributed by atoms with E-state index in [1.54, 1.807) is 0 Å². The molecule has 0 unspecified atom stereocenters. The lowest BCUT2D eigenvalue weighted by atomic mass is 9.99. The predicted molar refractivity (Wildman–Crippen MR) is 240 cm³/mol. The fourth-order valence-electron chi connectivity index (χ4n) is 9.29. The number of hydrogen-bond donors (Lipinski definition) is 0. The van der Waals surface area contributed by atoms with Crippen LogP contribution in [0.25, 0.3) is 105 Å². The Bertz CT molecular complexity index is 3470. The Kier molecular flexibility index (Phi) is 6.93. The van der Waals surface area contributed by atoms with Crippen LogP contribution in [0.3, 0.4) is 0 Å². The number of rotatable bonds is 5. The van der Waals surface area contributed by atoms with Gasteiger partial charge in [-0.1, -0.05) is 140 Å². The Morgan fingerprint density at radius 1 is 0.193 bits per heavy atom. The smallest absolute Gasteiger partial charge is 0.0561 e. The molecule has 3 heteroatoms. The Morgan fingerprint density at radius 3 is 1.19 bits per heavy atom. The summed E-state index contributed by atoms with van der Waals surface area (Å²) < 4.78 is 7.29. The van der Waals surface area contributed by atoms with Crippen LogP contribution in [-0.2, 0) is 0 Å². The number of nitrogens with zero attached hydrogens (tertiary/aromatic N) is 3. The molecule has 0 amide bonds. The highest BCUT2D eigenvalue weighted by Gasteiger charge is 2.19. The van der Waals surface area contributed by atoms with Crippen LogP contribution in [0.15, 0.2) is 212 Å². The van der Waals surface area contributed by atoms with Gasteiger partial charge in [-0.3, -0.25) is 0 Å². The van der Waals surface area contributed by atoms with Crippen LogP contribution < -0.4 is 0 Å². The molecule has 3 aromatic heterocycles. The Balaban J connectivity index is 1.05. The molecule has 0 spiro atoms. The molecular weight excluding hydrogens is 691 g/mol. The van der Waals surface area contributed by atoms with Crippen LogP contribution >= 0.6 is 0 Å². The first-order chi connectivity index (χ1) is 28.3. The van der Waals surface area contributed by atoms with Gasteiger partial charge in [-0.05, 0) is 95.1 Å². The van der Waals surface area contributed by atoms with E-state index >= 15 is 0 Å². The average Bonchev–Trinajstić information content (AvgIpc) is 3.92. The van der Waals surface area contributed by atoms with Gasteiger partial charge in [0.05, 0.1) is 33.1 Å². The van der Waals surface area contributed by atoms with E-state index < -0.39 is 0 Å². The molecule has 0 bridgehead atoms. The van der Waals surface area contributed by atoms with E-state index in [-0.39, 0.29) is 0 Å². The standard InChI is InChI=1S/C54H35N3/c1-2-14-36(15-3-1)37-16-12-17-38(32-37)39-18-13-19-40(33-39)55-52-27-11-7-23-46(52)48-34-41(29-31-53(48)55)57-51-26-10-6-22-45(51)47-30-28-42(35-54(47)57)56-49-24-8-4-20-43(49)44-21-5-9-25-50(44)56/h1-35H. The van der Waals surface area contributed by atoms with Gasteiger partial charge < -0.3 is 13.7 Å². The normalized spacial score (nSPS) is 11.9. The van der Waals surface area contributed by atoms with Gasteiger partial charge >= 0.3 is 0 Å². The molecule has 12 rings (SSSR count). The minimum Gasteiger partial charge on any atom is -0.309 e. The molecule has 0 saturated carbocycles. The molecule has 0 aliphatic carbocycles. The molecule has 0 fully saturated rings. The minimum absolute atomic E-state index is 1.14. The summed E-state index contributed by atoms with van der Waals surface area (Å²) in [6, 6.07) is 77.5. The van der Waals surface area contributed by atoms with Crippen LogP contribution in [0.1, 0.15) is 0 Å². The van der Waals surface area contributed by atoms with Gasteiger partial charge in [0.2, 0.25) is 0 Å².